The molecule has 29 heavy (non-hydrogen) atoms. The van der Waals surface area contributed by atoms with Crippen molar-refractivity contribution >= 4 is 10.0 Å². The zero-order chi connectivity index (χ0) is 21.0. The highest BCUT2D eigenvalue weighted by molar-refractivity contribution is 7.88. The van der Waals surface area contributed by atoms with Crippen LogP contribution in [0.2, 0.25) is 0 Å². The van der Waals surface area contributed by atoms with Crippen LogP contribution in [0.5, 0.6) is 0 Å². The molecule has 2 aliphatic rings. The number of hydrogen-bond acceptors (Lipinski definition) is 4. The smallest absolute Gasteiger partial charge is 0.254 e. The van der Waals surface area contributed by atoms with Crippen molar-refractivity contribution < 1.29 is 13.2 Å². The van der Waals surface area contributed by atoms with E-state index in [1.807, 2.05) is 12.1 Å². The van der Waals surface area contributed by atoms with E-state index in [1.165, 1.54) is 0 Å². The molecule has 1 aliphatic carbocycles. The van der Waals surface area contributed by atoms with Crippen LogP contribution in [0.15, 0.2) is 16.9 Å². The molecule has 6 nitrogen and oxygen atoms in total. The Labute approximate surface area is 174 Å². The summed E-state index contributed by atoms with van der Waals surface area (Å²) in [5.41, 5.74) is 1.54. The third kappa shape index (κ3) is 5.71. The molecule has 0 aromatic carbocycles. The predicted molar refractivity (Wildman–Crippen MR) is 114 cm³/mol. The maximum Gasteiger partial charge on any atom is 0.254 e. The van der Waals surface area contributed by atoms with Crippen LogP contribution < -0.4 is 10.3 Å². The predicted octanol–water partition coefficient (Wildman–Crippen LogP) is 2.55. The van der Waals surface area contributed by atoms with Crippen LogP contribution in [-0.4, -0.2) is 38.0 Å². The Bertz CT molecular complexity index is 934. The molecule has 0 radical (unpaired) electrons. The summed E-state index contributed by atoms with van der Waals surface area (Å²) >= 11 is 0. The van der Waals surface area contributed by atoms with E-state index in [9.17, 15) is 13.2 Å². The maximum absolute atomic E-state index is 12.8. The summed E-state index contributed by atoms with van der Waals surface area (Å²) < 4.78 is 34.5. The van der Waals surface area contributed by atoms with Gasteiger partial charge in [-0.1, -0.05) is 18.9 Å². The molecule has 160 valence electrons. The van der Waals surface area contributed by atoms with Gasteiger partial charge in [0.25, 0.3) is 5.56 Å². The minimum atomic E-state index is -3.38. The van der Waals surface area contributed by atoms with Gasteiger partial charge >= 0.3 is 0 Å². The molecule has 1 N–H and O–H groups in total. The molecule has 0 amide bonds. The van der Waals surface area contributed by atoms with Crippen molar-refractivity contribution in [2.75, 3.05) is 12.9 Å². The van der Waals surface area contributed by atoms with Gasteiger partial charge < -0.3 is 9.30 Å². The molecule has 2 heterocycles. The largest absolute Gasteiger partial charge is 0.376 e. The summed E-state index contributed by atoms with van der Waals surface area (Å²) in [4.78, 5) is 12.8. The molecule has 0 saturated heterocycles. The SMILES string of the molecule is CCC#CC1CCC(OC[C@H]2[C@@H](NS(C)(=O)=O)CCc3ccc(C)c(=O)n32)CC1. The summed E-state index contributed by atoms with van der Waals surface area (Å²) in [6, 6.07) is 3.13. The van der Waals surface area contributed by atoms with Crippen LogP contribution >= 0.6 is 0 Å². The first-order chi connectivity index (χ1) is 13.8. The Hall–Kier alpha value is -1.62. The Morgan fingerprint density at radius 3 is 2.59 bits per heavy atom. The molecule has 1 saturated carbocycles. The standard InChI is InChI=1S/C22H32N2O4S/c1-4-5-6-17-8-12-19(13-9-17)28-15-21-20(23-29(3,26)27)14-11-18-10-7-16(2)22(25)24(18)21/h7,10,17,19-21,23H,4,8-9,11-15H2,1-3H3/t17?,19?,20-,21-/m0/s1. The van der Waals surface area contributed by atoms with Gasteiger partial charge in [-0.15, -0.1) is 5.92 Å². The van der Waals surface area contributed by atoms with E-state index in [4.69, 9.17) is 4.74 Å². The van der Waals surface area contributed by atoms with E-state index < -0.39 is 10.0 Å². The molecule has 0 unspecified atom stereocenters. The van der Waals surface area contributed by atoms with Gasteiger partial charge in [0.2, 0.25) is 10.0 Å². The van der Waals surface area contributed by atoms with Gasteiger partial charge in [0.1, 0.15) is 0 Å². The average Bonchev–Trinajstić information content (AvgIpc) is 2.68. The molecule has 7 heteroatoms. The van der Waals surface area contributed by atoms with Gasteiger partial charge in [0, 0.05) is 29.6 Å². The number of nitrogens with one attached hydrogen (secondary N) is 1. The van der Waals surface area contributed by atoms with Gasteiger partial charge in [-0.2, -0.15) is 0 Å². The number of fused-ring (bicyclic) bond motifs is 1. The number of hydrogen-bond donors (Lipinski definition) is 1. The van der Waals surface area contributed by atoms with Crippen LogP contribution in [0.3, 0.4) is 0 Å². The van der Waals surface area contributed by atoms with Crippen molar-refractivity contribution in [3.63, 3.8) is 0 Å². The summed E-state index contributed by atoms with van der Waals surface area (Å²) in [5, 5.41) is 0. The van der Waals surface area contributed by atoms with E-state index in [1.54, 1.807) is 11.5 Å². The molecular weight excluding hydrogens is 388 g/mol. The molecule has 2 atom stereocenters. The number of aromatic nitrogens is 1. The summed E-state index contributed by atoms with van der Waals surface area (Å²) in [6.45, 7) is 4.19. The topological polar surface area (TPSA) is 77.4 Å². The molecular formula is C22H32N2O4S. The molecule has 1 aromatic rings. The summed E-state index contributed by atoms with van der Waals surface area (Å²) in [5.74, 6) is 6.96. The summed E-state index contributed by atoms with van der Waals surface area (Å²) in [6.07, 6.45) is 7.48. The van der Waals surface area contributed by atoms with E-state index >= 15 is 0 Å². The monoisotopic (exact) mass is 420 g/mol. The molecule has 3 rings (SSSR count). The van der Waals surface area contributed by atoms with Crippen LogP contribution in [-0.2, 0) is 21.2 Å². The lowest BCUT2D eigenvalue weighted by Crippen LogP contribution is -2.49. The maximum atomic E-state index is 12.8. The third-order valence-electron chi connectivity index (χ3n) is 5.92. The second kappa shape index (κ2) is 9.46. The fourth-order valence-electron chi connectivity index (χ4n) is 4.39. The van der Waals surface area contributed by atoms with Crippen molar-refractivity contribution in [3.05, 3.63) is 33.7 Å². The number of aryl methyl sites for hydroxylation is 2. The first-order valence-corrected chi connectivity index (χ1v) is 12.5. The van der Waals surface area contributed by atoms with Gasteiger partial charge in [0.05, 0.1) is 25.0 Å². The first kappa shape index (κ1) is 22.1. The average molecular weight is 421 g/mol. The Kier molecular flexibility index (Phi) is 7.20. The fraction of sp³-hybridized carbons (Fsp3) is 0.682. The number of ether oxygens (including phenoxy) is 1. The lowest BCUT2D eigenvalue weighted by Gasteiger charge is -2.36. The lowest BCUT2D eigenvalue weighted by atomic mass is 9.87. The molecule has 1 aliphatic heterocycles. The van der Waals surface area contributed by atoms with Crippen molar-refractivity contribution in [1.29, 1.82) is 0 Å². The number of rotatable bonds is 5. The van der Waals surface area contributed by atoms with E-state index in [0.717, 1.165) is 44.1 Å². The minimum absolute atomic E-state index is 0.0605. The minimum Gasteiger partial charge on any atom is -0.376 e. The van der Waals surface area contributed by atoms with Gasteiger partial charge in [-0.05, 0) is 51.5 Å². The number of nitrogens with zero attached hydrogens (tertiary/aromatic N) is 1. The first-order valence-electron chi connectivity index (χ1n) is 10.6. The Morgan fingerprint density at radius 1 is 1.21 bits per heavy atom. The van der Waals surface area contributed by atoms with Crippen LogP contribution in [0.1, 0.15) is 62.7 Å². The highest BCUT2D eigenvalue weighted by Crippen LogP contribution is 2.29. The highest BCUT2D eigenvalue weighted by Gasteiger charge is 2.33. The summed E-state index contributed by atoms with van der Waals surface area (Å²) in [7, 11) is -3.38. The van der Waals surface area contributed by atoms with Crippen LogP contribution in [0, 0.1) is 24.7 Å². The molecule has 0 spiro atoms. The van der Waals surface area contributed by atoms with Crippen molar-refractivity contribution in [3.8, 4) is 11.8 Å². The van der Waals surface area contributed by atoms with Gasteiger partial charge in [0.15, 0.2) is 0 Å². The zero-order valence-electron chi connectivity index (χ0n) is 17.6. The van der Waals surface area contributed by atoms with Crippen molar-refractivity contribution in [2.24, 2.45) is 5.92 Å². The normalized spacial score (nSPS) is 27.0. The highest BCUT2D eigenvalue weighted by atomic mass is 32.2. The number of pyridine rings is 1. The Balaban J connectivity index is 1.74. The zero-order valence-corrected chi connectivity index (χ0v) is 18.4. The van der Waals surface area contributed by atoms with Gasteiger partial charge in [-0.25, -0.2) is 13.1 Å². The second-order valence-electron chi connectivity index (χ2n) is 8.27. The van der Waals surface area contributed by atoms with E-state index in [2.05, 4.69) is 23.5 Å². The van der Waals surface area contributed by atoms with Crippen molar-refractivity contribution in [1.82, 2.24) is 9.29 Å². The van der Waals surface area contributed by atoms with E-state index in [0.29, 0.717) is 30.9 Å². The third-order valence-corrected chi connectivity index (χ3v) is 6.66. The molecule has 1 aromatic heterocycles. The fourth-order valence-corrected chi connectivity index (χ4v) is 5.22. The number of sulfonamides is 1. The quantitative estimate of drug-likeness (QED) is 0.743. The lowest BCUT2D eigenvalue weighted by molar-refractivity contribution is -0.00298. The molecule has 1 fully saturated rings. The Morgan fingerprint density at radius 2 is 1.93 bits per heavy atom. The van der Waals surface area contributed by atoms with Crippen molar-refractivity contribution in [2.45, 2.75) is 77.0 Å². The van der Waals surface area contributed by atoms with Crippen LogP contribution in [0.4, 0.5) is 0 Å². The van der Waals surface area contributed by atoms with E-state index in [-0.39, 0.29) is 23.7 Å². The van der Waals surface area contributed by atoms with Crippen LogP contribution in [0.25, 0.3) is 0 Å². The second-order valence-corrected chi connectivity index (χ2v) is 10.0. The van der Waals surface area contributed by atoms with Gasteiger partial charge in [-0.3, -0.25) is 4.79 Å². The molecule has 0 bridgehead atoms.